The van der Waals surface area contributed by atoms with Crippen molar-refractivity contribution in [3.63, 3.8) is 0 Å². The summed E-state index contributed by atoms with van der Waals surface area (Å²) in [6.45, 7) is 0.628. The molecule has 3 aromatic rings. The molecule has 0 saturated heterocycles. The first-order chi connectivity index (χ1) is 9.88. The van der Waals surface area contributed by atoms with Gasteiger partial charge in [0.25, 0.3) is 0 Å². The fourth-order valence-corrected chi connectivity index (χ4v) is 2.87. The van der Waals surface area contributed by atoms with Gasteiger partial charge in [-0.05, 0) is 24.3 Å². The smallest absolute Gasteiger partial charge is 0.146 e. The van der Waals surface area contributed by atoms with Crippen molar-refractivity contribution in [2.24, 2.45) is 0 Å². The molecule has 0 aliphatic heterocycles. The molecule has 102 valence electrons. The van der Waals surface area contributed by atoms with Crippen LogP contribution in [0.3, 0.4) is 0 Å². The minimum absolute atomic E-state index is 0.133. The summed E-state index contributed by atoms with van der Waals surface area (Å²) in [5.41, 5.74) is 1.88. The van der Waals surface area contributed by atoms with E-state index in [9.17, 15) is 0 Å². The molecule has 0 fully saturated rings. The van der Waals surface area contributed by atoms with E-state index in [2.05, 4.69) is 9.97 Å². The number of fused-ring (bicyclic) bond motifs is 1. The molecule has 5 heteroatoms. The SMILES string of the molecule is OCCCOc1cccc2sc(-c3cccnc3)nc12. The third-order valence-electron chi connectivity index (χ3n) is 2.85. The molecule has 0 atom stereocenters. The zero-order chi connectivity index (χ0) is 13.8. The molecule has 2 heterocycles. The molecular formula is C15H14N2O2S. The standard InChI is InChI=1S/C15H14N2O2S/c18-8-3-9-19-12-5-1-6-13-14(12)17-15(20-13)11-4-2-7-16-10-11/h1-2,4-7,10,18H,3,8-9H2. The Hall–Kier alpha value is -1.98. The van der Waals surface area contributed by atoms with Crippen LogP contribution in [0.4, 0.5) is 0 Å². The fraction of sp³-hybridized carbons (Fsp3) is 0.200. The second kappa shape index (κ2) is 5.98. The third kappa shape index (κ3) is 2.64. The second-order valence-electron chi connectivity index (χ2n) is 4.29. The van der Waals surface area contributed by atoms with Crippen LogP contribution in [0, 0.1) is 0 Å². The van der Waals surface area contributed by atoms with Gasteiger partial charge in [-0.25, -0.2) is 4.98 Å². The Kier molecular flexibility index (Phi) is 3.90. The molecule has 0 spiro atoms. The van der Waals surface area contributed by atoms with E-state index < -0.39 is 0 Å². The Morgan fingerprint density at radius 3 is 2.95 bits per heavy atom. The van der Waals surface area contributed by atoms with Crippen LogP contribution in [0.5, 0.6) is 5.75 Å². The van der Waals surface area contributed by atoms with Crippen LogP contribution < -0.4 is 4.74 Å². The highest BCUT2D eigenvalue weighted by Crippen LogP contribution is 2.34. The number of benzene rings is 1. The summed E-state index contributed by atoms with van der Waals surface area (Å²) in [5.74, 6) is 0.766. The van der Waals surface area contributed by atoms with Crippen LogP contribution in [-0.4, -0.2) is 28.3 Å². The monoisotopic (exact) mass is 286 g/mol. The maximum atomic E-state index is 8.81. The predicted octanol–water partition coefficient (Wildman–Crippen LogP) is 3.12. The number of aromatic nitrogens is 2. The Labute approximate surface area is 120 Å². The number of aliphatic hydroxyl groups excluding tert-OH is 1. The van der Waals surface area contributed by atoms with Gasteiger partial charge < -0.3 is 9.84 Å². The van der Waals surface area contributed by atoms with Crippen molar-refractivity contribution in [1.29, 1.82) is 0 Å². The van der Waals surface area contributed by atoms with Crippen molar-refractivity contribution in [2.45, 2.75) is 6.42 Å². The quantitative estimate of drug-likeness (QED) is 0.732. The van der Waals surface area contributed by atoms with Gasteiger partial charge in [-0.2, -0.15) is 0 Å². The average molecular weight is 286 g/mol. The average Bonchev–Trinajstić information content (AvgIpc) is 2.93. The van der Waals surface area contributed by atoms with E-state index in [0.29, 0.717) is 13.0 Å². The van der Waals surface area contributed by atoms with Crippen LogP contribution in [0.15, 0.2) is 42.7 Å². The van der Waals surface area contributed by atoms with Crippen LogP contribution in [0.1, 0.15) is 6.42 Å². The first-order valence-corrected chi connectivity index (χ1v) is 7.24. The molecule has 2 aromatic heterocycles. The summed E-state index contributed by atoms with van der Waals surface area (Å²) >= 11 is 1.62. The lowest BCUT2D eigenvalue weighted by molar-refractivity contribution is 0.234. The molecule has 1 N–H and O–H groups in total. The van der Waals surface area contributed by atoms with Gasteiger partial charge in [0, 0.05) is 31.0 Å². The lowest BCUT2D eigenvalue weighted by Gasteiger charge is -2.04. The summed E-state index contributed by atoms with van der Waals surface area (Å²) in [6, 6.07) is 9.80. The van der Waals surface area contributed by atoms with Crippen LogP contribution in [0.2, 0.25) is 0 Å². The Bertz CT molecular complexity index is 697. The highest BCUT2D eigenvalue weighted by molar-refractivity contribution is 7.21. The Morgan fingerprint density at radius 1 is 1.20 bits per heavy atom. The molecule has 0 amide bonds. The summed E-state index contributed by atoms with van der Waals surface area (Å²) in [4.78, 5) is 8.77. The van der Waals surface area contributed by atoms with Crippen molar-refractivity contribution in [1.82, 2.24) is 9.97 Å². The summed E-state index contributed by atoms with van der Waals surface area (Å²) in [7, 11) is 0. The predicted molar refractivity (Wildman–Crippen MR) is 80.0 cm³/mol. The number of hydrogen-bond donors (Lipinski definition) is 1. The molecule has 1 aromatic carbocycles. The van der Waals surface area contributed by atoms with E-state index in [0.717, 1.165) is 26.5 Å². The molecule has 4 nitrogen and oxygen atoms in total. The Morgan fingerprint density at radius 2 is 2.15 bits per heavy atom. The number of thiazole rings is 1. The molecule has 0 saturated carbocycles. The van der Waals surface area contributed by atoms with Gasteiger partial charge in [0.2, 0.25) is 0 Å². The fourth-order valence-electron chi connectivity index (χ4n) is 1.90. The highest BCUT2D eigenvalue weighted by Gasteiger charge is 2.10. The van der Waals surface area contributed by atoms with Crippen molar-refractivity contribution >= 4 is 21.6 Å². The normalized spacial score (nSPS) is 10.8. The minimum atomic E-state index is 0.133. The van der Waals surface area contributed by atoms with Crippen molar-refractivity contribution in [2.75, 3.05) is 13.2 Å². The molecule has 0 bridgehead atoms. The topological polar surface area (TPSA) is 55.2 Å². The first kappa shape index (κ1) is 13.0. The van der Waals surface area contributed by atoms with Crippen LogP contribution >= 0.6 is 11.3 Å². The van der Waals surface area contributed by atoms with Gasteiger partial charge in [-0.3, -0.25) is 4.98 Å². The number of para-hydroxylation sites is 1. The van der Waals surface area contributed by atoms with E-state index >= 15 is 0 Å². The maximum Gasteiger partial charge on any atom is 0.146 e. The maximum absolute atomic E-state index is 8.81. The molecule has 3 rings (SSSR count). The van der Waals surface area contributed by atoms with Gasteiger partial charge in [-0.1, -0.05) is 6.07 Å². The number of aliphatic hydroxyl groups is 1. The van der Waals surface area contributed by atoms with E-state index in [1.807, 2.05) is 36.5 Å². The molecular weight excluding hydrogens is 272 g/mol. The largest absolute Gasteiger partial charge is 0.491 e. The molecule has 0 unspecified atom stereocenters. The number of nitrogens with zero attached hydrogens (tertiary/aromatic N) is 2. The van der Waals surface area contributed by atoms with Crippen molar-refractivity contribution in [3.05, 3.63) is 42.7 Å². The number of hydrogen-bond acceptors (Lipinski definition) is 5. The van der Waals surface area contributed by atoms with Crippen molar-refractivity contribution < 1.29 is 9.84 Å². The zero-order valence-electron chi connectivity index (χ0n) is 10.8. The number of pyridine rings is 1. The summed E-state index contributed by atoms with van der Waals surface area (Å²) in [5, 5.41) is 9.75. The number of rotatable bonds is 5. The molecule has 20 heavy (non-hydrogen) atoms. The summed E-state index contributed by atoms with van der Waals surface area (Å²) < 4.78 is 6.77. The van der Waals surface area contributed by atoms with Gasteiger partial charge in [0.1, 0.15) is 16.3 Å². The first-order valence-electron chi connectivity index (χ1n) is 6.42. The van der Waals surface area contributed by atoms with Gasteiger partial charge in [-0.15, -0.1) is 11.3 Å². The highest BCUT2D eigenvalue weighted by atomic mass is 32.1. The van der Waals surface area contributed by atoms with Crippen molar-refractivity contribution in [3.8, 4) is 16.3 Å². The third-order valence-corrected chi connectivity index (χ3v) is 3.92. The van der Waals surface area contributed by atoms with E-state index in [1.54, 1.807) is 17.5 Å². The molecule has 0 aliphatic carbocycles. The van der Waals surface area contributed by atoms with E-state index in [4.69, 9.17) is 9.84 Å². The van der Waals surface area contributed by atoms with Gasteiger partial charge in [0.05, 0.1) is 11.3 Å². The molecule has 0 aliphatic rings. The zero-order valence-corrected chi connectivity index (χ0v) is 11.6. The van der Waals surface area contributed by atoms with Crippen LogP contribution in [-0.2, 0) is 0 Å². The minimum Gasteiger partial charge on any atom is -0.491 e. The van der Waals surface area contributed by atoms with Crippen LogP contribution in [0.25, 0.3) is 20.8 Å². The molecule has 0 radical (unpaired) electrons. The number of ether oxygens (including phenoxy) is 1. The van der Waals surface area contributed by atoms with Gasteiger partial charge >= 0.3 is 0 Å². The summed E-state index contributed by atoms with van der Waals surface area (Å²) in [6.07, 6.45) is 4.18. The Balaban J connectivity index is 1.96. The second-order valence-corrected chi connectivity index (χ2v) is 5.32. The van der Waals surface area contributed by atoms with E-state index in [1.165, 1.54) is 0 Å². The van der Waals surface area contributed by atoms with Gasteiger partial charge in [0.15, 0.2) is 0 Å². The lowest BCUT2D eigenvalue weighted by Crippen LogP contribution is -1.99. The van der Waals surface area contributed by atoms with E-state index in [-0.39, 0.29) is 6.61 Å². The lowest BCUT2D eigenvalue weighted by atomic mass is 10.3.